The highest BCUT2D eigenvalue weighted by molar-refractivity contribution is 5.14. The fourth-order valence-electron chi connectivity index (χ4n) is 2.99. The van der Waals surface area contributed by atoms with Gasteiger partial charge >= 0.3 is 0 Å². The first kappa shape index (κ1) is 12.5. The third-order valence-corrected chi connectivity index (χ3v) is 4.24. The first-order chi connectivity index (χ1) is 8.24. The summed E-state index contributed by atoms with van der Waals surface area (Å²) in [5, 5.41) is 0. The molecule has 2 rings (SSSR count). The molecule has 1 aromatic rings. The summed E-state index contributed by atoms with van der Waals surface area (Å²) in [5.41, 5.74) is 7.20. The van der Waals surface area contributed by atoms with E-state index in [0.29, 0.717) is 18.0 Å². The molecule has 1 aliphatic carbocycles. The molecule has 0 aliphatic heterocycles. The summed E-state index contributed by atoms with van der Waals surface area (Å²) in [5.74, 6) is 0.671. The molecule has 0 spiro atoms. The molecule has 3 heteroatoms. The van der Waals surface area contributed by atoms with Crippen LogP contribution in [-0.4, -0.2) is 29.5 Å². The molecule has 1 aromatic heterocycles. The SMILES string of the molecule is CC(c1ccncc1)N(C)C1CCCC1CN. The molecule has 0 radical (unpaired) electrons. The molecule has 3 atom stereocenters. The van der Waals surface area contributed by atoms with E-state index in [1.807, 2.05) is 12.4 Å². The lowest BCUT2D eigenvalue weighted by Gasteiger charge is -2.34. The number of rotatable bonds is 4. The number of nitrogens with two attached hydrogens (primary N) is 1. The second-order valence-corrected chi connectivity index (χ2v) is 5.12. The Morgan fingerprint density at radius 3 is 2.76 bits per heavy atom. The Morgan fingerprint density at radius 2 is 2.12 bits per heavy atom. The van der Waals surface area contributed by atoms with Crippen molar-refractivity contribution < 1.29 is 0 Å². The minimum atomic E-state index is 0.440. The molecule has 0 bridgehead atoms. The Morgan fingerprint density at radius 1 is 1.41 bits per heavy atom. The van der Waals surface area contributed by atoms with Crippen LogP contribution in [0.5, 0.6) is 0 Å². The zero-order valence-electron chi connectivity index (χ0n) is 10.8. The normalized spacial score (nSPS) is 26.4. The van der Waals surface area contributed by atoms with Crippen LogP contribution < -0.4 is 5.73 Å². The van der Waals surface area contributed by atoms with E-state index < -0.39 is 0 Å². The van der Waals surface area contributed by atoms with E-state index >= 15 is 0 Å². The van der Waals surface area contributed by atoms with Gasteiger partial charge in [0.25, 0.3) is 0 Å². The third kappa shape index (κ3) is 2.67. The quantitative estimate of drug-likeness (QED) is 0.867. The highest BCUT2D eigenvalue weighted by Gasteiger charge is 2.31. The van der Waals surface area contributed by atoms with Gasteiger partial charge in [-0.2, -0.15) is 0 Å². The van der Waals surface area contributed by atoms with Crippen molar-refractivity contribution >= 4 is 0 Å². The minimum Gasteiger partial charge on any atom is -0.330 e. The van der Waals surface area contributed by atoms with E-state index in [1.165, 1.54) is 24.8 Å². The Balaban J connectivity index is 2.07. The highest BCUT2D eigenvalue weighted by atomic mass is 15.2. The lowest BCUT2D eigenvalue weighted by atomic mass is 9.99. The Hall–Kier alpha value is -0.930. The number of pyridine rings is 1. The fourth-order valence-corrected chi connectivity index (χ4v) is 2.99. The molecule has 17 heavy (non-hydrogen) atoms. The molecule has 0 aromatic carbocycles. The van der Waals surface area contributed by atoms with Crippen molar-refractivity contribution in [2.24, 2.45) is 11.7 Å². The monoisotopic (exact) mass is 233 g/mol. The summed E-state index contributed by atoms with van der Waals surface area (Å²) in [6.07, 6.45) is 7.63. The van der Waals surface area contributed by atoms with Gasteiger partial charge in [-0.05, 0) is 57.0 Å². The predicted molar refractivity (Wildman–Crippen MR) is 70.6 cm³/mol. The van der Waals surface area contributed by atoms with Crippen molar-refractivity contribution in [3.05, 3.63) is 30.1 Å². The van der Waals surface area contributed by atoms with Gasteiger partial charge in [0.15, 0.2) is 0 Å². The standard InChI is InChI=1S/C14H23N3/c1-11(12-6-8-16-9-7-12)17(2)14-5-3-4-13(14)10-15/h6-9,11,13-14H,3-5,10,15H2,1-2H3. The van der Waals surface area contributed by atoms with Crippen molar-refractivity contribution in [1.29, 1.82) is 0 Å². The smallest absolute Gasteiger partial charge is 0.0321 e. The minimum absolute atomic E-state index is 0.440. The number of hydrogen-bond donors (Lipinski definition) is 1. The summed E-state index contributed by atoms with van der Waals surface area (Å²) in [4.78, 5) is 6.56. The van der Waals surface area contributed by atoms with Crippen molar-refractivity contribution in [3.8, 4) is 0 Å². The topological polar surface area (TPSA) is 42.2 Å². The van der Waals surface area contributed by atoms with Crippen LogP contribution in [0.15, 0.2) is 24.5 Å². The maximum atomic E-state index is 5.86. The van der Waals surface area contributed by atoms with Crippen LogP contribution >= 0.6 is 0 Å². The molecule has 1 fully saturated rings. The lowest BCUT2D eigenvalue weighted by Crippen LogP contribution is -2.39. The third-order valence-electron chi connectivity index (χ3n) is 4.24. The van der Waals surface area contributed by atoms with Gasteiger partial charge in [0.05, 0.1) is 0 Å². The van der Waals surface area contributed by atoms with Crippen molar-refractivity contribution in [3.63, 3.8) is 0 Å². The van der Waals surface area contributed by atoms with Gasteiger partial charge in [-0.1, -0.05) is 6.42 Å². The van der Waals surface area contributed by atoms with E-state index in [0.717, 1.165) is 6.54 Å². The van der Waals surface area contributed by atoms with E-state index in [4.69, 9.17) is 5.73 Å². The van der Waals surface area contributed by atoms with Gasteiger partial charge in [-0.15, -0.1) is 0 Å². The van der Waals surface area contributed by atoms with Crippen LogP contribution in [-0.2, 0) is 0 Å². The molecule has 0 saturated heterocycles. The molecule has 94 valence electrons. The maximum Gasteiger partial charge on any atom is 0.0321 e. The van der Waals surface area contributed by atoms with Gasteiger partial charge in [-0.3, -0.25) is 9.88 Å². The van der Waals surface area contributed by atoms with Gasteiger partial charge in [-0.25, -0.2) is 0 Å². The van der Waals surface area contributed by atoms with Crippen molar-refractivity contribution in [1.82, 2.24) is 9.88 Å². The summed E-state index contributed by atoms with van der Waals surface area (Å²) >= 11 is 0. The van der Waals surface area contributed by atoms with Gasteiger partial charge in [0.2, 0.25) is 0 Å². The molecule has 0 amide bonds. The largest absolute Gasteiger partial charge is 0.330 e. The van der Waals surface area contributed by atoms with E-state index in [2.05, 4.69) is 36.0 Å². The predicted octanol–water partition coefficient (Wildman–Crippen LogP) is 2.20. The molecule has 1 saturated carbocycles. The van der Waals surface area contributed by atoms with Gasteiger partial charge in [0, 0.05) is 24.5 Å². The molecule has 3 unspecified atom stereocenters. The molecule has 1 aliphatic rings. The van der Waals surface area contributed by atoms with E-state index in [1.54, 1.807) is 0 Å². The molecule has 2 N–H and O–H groups in total. The average Bonchev–Trinajstić information content (AvgIpc) is 2.86. The molecule has 1 heterocycles. The highest BCUT2D eigenvalue weighted by Crippen LogP contribution is 2.33. The first-order valence-corrected chi connectivity index (χ1v) is 6.56. The number of hydrogen-bond acceptors (Lipinski definition) is 3. The fraction of sp³-hybridized carbons (Fsp3) is 0.643. The van der Waals surface area contributed by atoms with E-state index in [-0.39, 0.29) is 0 Å². The van der Waals surface area contributed by atoms with Crippen LogP contribution in [0.2, 0.25) is 0 Å². The van der Waals surface area contributed by atoms with Crippen LogP contribution in [0.25, 0.3) is 0 Å². The maximum absolute atomic E-state index is 5.86. The molecular formula is C14H23N3. The van der Waals surface area contributed by atoms with Crippen LogP contribution in [0.3, 0.4) is 0 Å². The Bertz CT molecular complexity index is 339. The first-order valence-electron chi connectivity index (χ1n) is 6.56. The number of nitrogens with zero attached hydrogens (tertiary/aromatic N) is 2. The summed E-state index contributed by atoms with van der Waals surface area (Å²) in [7, 11) is 2.23. The Labute approximate surface area is 104 Å². The second kappa shape index (κ2) is 5.61. The lowest BCUT2D eigenvalue weighted by molar-refractivity contribution is 0.152. The molecular weight excluding hydrogens is 210 g/mol. The zero-order valence-corrected chi connectivity index (χ0v) is 10.8. The van der Waals surface area contributed by atoms with Crippen LogP contribution in [0.1, 0.15) is 37.8 Å². The average molecular weight is 233 g/mol. The number of aromatic nitrogens is 1. The van der Waals surface area contributed by atoms with Gasteiger partial charge in [0.1, 0.15) is 0 Å². The summed E-state index contributed by atoms with van der Waals surface area (Å²) < 4.78 is 0. The summed E-state index contributed by atoms with van der Waals surface area (Å²) in [6, 6.07) is 5.29. The van der Waals surface area contributed by atoms with E-state index in [9.17, 15) is 0 Å². The second-order valence-electron chi connectivity index (χ2n) is 5.12. The van der Waals surface area contributed by atoms with Crippen molar-refractivity contribution in [2.45, 2.75) is 38.3 Å². The van der Waals surface area contributed by atoms with Gasteiger partial charge < -0.3 is 5.73 Å². The summed E-state index contributed by atoms with van der Waals surface area (Å²) in [6.45, 7) is 3.08. The molecule has 3 nitrogen and oxygen atoms in total. The Kier molecular flexibility index (Phi) is 4.13. The van der Waals surface area contributed by atoms with Crippen molar-refractivity contribution in [2.75, 3.05) is 13.6 Å². The zero-order chi connectivity index (χ0) is 12.3. The van der Waals surface area contributed by atoms with Crippen LogP contribution in [0.4, 0.5) is 0 Å². The van der Waals surface area contributed by atoms with Crippen LogP contribution in [0, 0.1) is 5.92 Å².